The largest absolute Gasteiger partial charge is 0.234 e. The fourth-order valence-electron chi connectivity index (χ4n) is 2.30. The van der Waals surface area contributed by atoms with Crippen molar-refractivity contribution in [3.63, 3.8) is 0 Å². The Morgan fingerprint density at radius 3 is 1.90 bits per heavy atom. The van der Waals surface area contributed by atoms with Crippen LogP contribution in [0.4, 0.5) is 0 Å². The molecule has 0 aliphatic heterocycles. The minimum absolute atomic E-state index is 0.301. The van der Waals surface area contributed by atoms with E-state index in [2.05, 4.69) is 6.92 Å². The molecule has 0 aromatic carbocycles. The zero-order valence-corrected chi connectivity index (χ0v) is 14.1. The number of hydrogen-bond acceptors (Lipinski definition) is 4. The van der Waals surface area contributed by atoms with Gasteiger partial charge in [0.2, 0.25) is 5.79 Å². The maximum absolute atomic E-state index is 5.74. The highest BCUT2D eigenvalue weighted by atomic mass is 17.3. The highest BCUT2D eigenvalue weighted by molar-refractivity contribution is 4.74. The van der Waals surface area contributed by atoms with Gasteiger partial charge in [0.05, 0.1) is 11.2 Å². The summed E-state index contributed by atoms with van der Waals surface area (Å²) in [6.45, 7) is 12.1. The molecule has 0 radical (unpaired) electrons. The van der Waals surface area contributed by atoms with Gasteiger partial charge < -0.3 is 0 Å². The molecule has 1 aliphatic rings. The third-order valence-corrected chi connectivity index (χ3v) is 3.33. The second kappa shape index (κ2) is 7.21. The first-order chi connectivity index (χ1) is 9.18. The van der Waals surface area contributed by atoms with Gasteiger partial charge in [0.1, 0.15) is 0 Å². The SMILES string of the molecule is CCCC(C)(C)OOC1(OOC(C)(C)C)CCCCC1. The molecule has 1 saturated carbocycles. The van der Waals surface area contributed by atoms with Gasteiger partial charge in [0, 0.05) is 12.8 Å². The second-order valence-electron chi connectivity index (χ2n) is 7.43. The van der Waals surface area contributed by atoms with Gasteiger partial charge in [0.15, 0.2) is 0 Å². The van der Waals surface area contributed by atoms with Crippen molar-refractivity contribution in [3.05, 3.63) is 0 Å². The van der Waals surface area contributed by atoms with E-state index < -0.39 is 5.79 Å². The summed E-state index contributed by atoms with van der Waals surface area (Å²) in [5.41, 5.74) is -0.656. The molecule has 4 heteroatoms. The van der Waals surface area contributed by atoms with Gasteiger partial charge in [-0.2, -0.15) is 9.78 Å². The van der Waals surface area contributed by atoms with Gasteiger partial charge in [0.25, 0.3) is 0 Å². The minimum Gasteiger partial charge on any atom is -0.228 e. The zero-order chi connectivity index (χ0) is 15.3. The molecule has 1 aliphatic carbocycles. The fraction of sp³-hybridized carbons (Fsp3) is 1.00. The fourth-order valence-corrected chi connectivity index (χ4v) is 2.30. The van der Waals surface area contributed by atoms with Gasteiger partial charge in [-0.25, -0.2) is 9.78 Å². The van der Waals surface area contributed by atoms with E-state index in [0.29, 0.717) is 0 Å². The summed E-state index contributed by atoms with van der Waals surface area (Å²) in [5.74, 6) is -0.753. The Morgan fingerprint density at radius 2 is 1.40 bits per heavy atom. The van der Waals surface area contributed by atoms with Gasteiger partial charge in [-0.05, 0) is 53.9 Å². The Bertz CT molecular complexity index is 275. The smallest absolute Gasteiger partial charge is 0.228 e. The molecule has 0 amide bonds. The van der Waals surface area contributed by atoms with Crippen molar-refractivity contribution in [3.8, 4) is 0 Å². The molecule has 0 saturated heterocycles. The monoisotopic (exact) mass is 288 g/mol. The van der Waals surface area contributed by atoms with Crippen LogP contribution in [0.2, 0.25) is 0 Å². The third kappa shape index (κ3) is 6.53. The second-order valence-corrected chi connectivity index (χ2v) is 7.43. The van der Waals surface area contributed by atoms with E-state index in [9.17, 15) is 0 Å². The third-order valence-electron chi connectivity index (χ3n) is 3.33. The van der Waals surface area contributed by atoms with Crippen LogP contribution >= 0.6 is 0 Å². The Labute approximate surface area is 124 Å². The van der Waals surface area contributed by atoms with E-state index >= 15 is 0 Å². The van der Waals surface area contributed by atoms with Crippen LogP contribution in [0.25, 0.3) is 0 Å². The molecule has 0 aromatic heterocycles. The van der Waals surface area contributed by atoms with Crippen LogP contribution in [-0.2, 0) is 19.6 Å². The van der Waals surface area contributed by atoms with Crippen molar-refractivity contribution in [1.82, 2.24) is 0 Å². The lowest BCUT2D eigenvalue weighted by atomic mass is 9.94. The lowest BCUT2D eigenvalue weighted by Gasteiger charge is -2.38. The predicted octanol–water partition coefficient (Wildman–Crippen LogP) is 4.92. The average Bonchev–Trinajstić information content (AvgIpc) is 2.35. The predicted molar refractivity (Wildman–Crippen MR) is 78.9 cm³/mol. The van der Waals surface area contributed by atoms with Crippen LogP contribution in [0.1, 0.15) is 86.5 Å². The molecule has 0 bridgehead atoms. The molecule has 20 heavy (non-hydrogen) atoms. The lowest BCUT2D eigenvalue weighted by molar-refractivity contribution is -0.547. The van der Waals surface area contributed by atoms with Gasteiger partial charge in [-0.3, -0.25) is 0 Å². The quantitative estimate of drug-likeness (QED) is 0.378. The molecule has 0 unspecified atom stereocenters. The van der Waals surface area contributed by atoms with Crippen LogP contribution in [0, 0.1) is 0 Å². The minimum atomic E-state index is -0.753. The summed E-state index contributed by atoms with van der Waals surface area (Å²) in [7, 11) is 0. The Kier molecular flexibility index (Phi) is 6.45. The first kappa shape index (κ1) is 17.9. The Balaban J connectivity index is 2.59. The zero-order valence-electron chi connectivity index (χ0n) is 14.1. The van der Waals surface area contributed by atoms with Crippen molar-refractivity contribution in [2.75, 3.05) is 0 Å². The summed E-state index contributed by atoms with van der Waals surface area (Å²) in [6, 6.07) is 0. The molecule has 4 nitrogen and oxygen atoms in total. The summed E-state index contributed by atoms with van der Waals surface area (Å²) >= 11 is 0. The molecular weight excluding hydrogens is 256 g/mol. The summed E-state index contributed by atoms with van der Waals surface area (Å²) in [4.78, 5) is 22.6. The standard InChI is InChI=1S/C16H32O4/c1-7-11-15(5,6)18-20-16(12-9-8-10-13-16)19-17-14(2,3)4/h7-13H2,1-6H3. The molecule has 0 heterocycles. The molecule has 0 spiro atoms. The summed E-state index contributed by atoms with van der Waals surface area (Å²) < 4.78 is 0. The molecule has 1 fully saturated rings. The van der Waals surface area contributed by atoms with Crippen molar-refractivity contribution in [2.24, 2.45) is 0 Å². The van der Waals surface area contributed by atoms with Gasteiger partial charge >= 0.3 is 0 Å². The number of hydrogen-bond donors (Lipinski definition) is 0. The van der Waals surface area contributed by atoms with Crippen molar-refractivity contribution < 1.29 is 19.6 Å². The Hall–Kier alpha value is -0.160. The first-order valence-corrected chi connectivity index (χ1v) is 7.92. The normalized spacial score (nSPS) is 20.1. The van der Waals surface area contributed by atoms with Crippen molar-refractivity contribution >= 4 is 0 Å². The Morgan fingerprint density at radius 1 is 0.850 bits per heavy atom. The van der Waals surface area contributed by atoms with Crippen molar-refractivity contribution in [2.45, 2.75) is 103 Å². The van der Waals surface area contributed by atoms with Crippen LogP contribution in [0.3, 0.4) is 0 Å². The van der Waals surface area contributed by atoms with E-state index in [1.807, 2.05) is 34.6 Å². The van der Waals surface area contributed by atoms with Gasteiger partial charge in [-0.15, -0.1) is 0 Å². The highest BCUT2D eigenvalue weighted by Gasteiger charge is 2.40. The lowest BCUT2D eigenvalue weighted by Crippen LogP contribution is -2.43. The molecule has 1 rings (SSSR count). The van der Waals surface area contributed by atoms with Crippen LogP contribution in [-0.4, -0.2) is 17.0 Å². The topological polar surface area (TPSA) is 36.9 Å². The van der Waals surface area contributed by atoms with E-state index in [1.165, 1.54) is 6.42 Å². The molecule has 0 aromatic rings. The van der Waals surface area contributed by atoms with Crippen molar-refractivity contribution in [1.29, 1.82) is 0 Å². The molecular formula is C16H32O4. The first-order valence-electron chi connectivity index (χ1n) is 7.92. The molecule has 0 atom stereocenters. The summed E-state index contributed by atoms with van der Waals surface area (Å²) in [5, 5.41) is 0. The molecule has 120 valence electrons. The van der Waals surface area contributed by atoms with Crippen LogP contribution < -0.4 is 0 Å². The molecule has 0 N–H and O–H groups in total. The average molecular weight is 288 g/mol. The van der Waals surface area contributed by atoms with E-state index in [0.717, 1.165) is 38.5 Å². The maximum Gasteiger partial charge on any atom is 0.234 e. The maximum atomic E-state index is 5.74. The van der Waals surface area contributed by atoms with E-state index in [1.54, 1.807) is 0 Å². The number of rotatable bonds is 7. The van der Waals surface area contributed by atoms with Gasteiger partial charge in [-0.1, -0.05) is 19.8 Å². The summed E-state index contributed by atoms with van der Waals surface area (Å²) in [6.07, 6.45) is 6.99. The van der Waals surface area contributed by atoms with E-state index in [-0.39, 0.29) is 11.2 Å². The van der Waals surface area contributed by atoms with E-state index in [4.69, 9.17) is 19.6 Å². The van der Waals surface area contributed by atoms with Crippen LogP contribution in [0.15, 0.2) is 0 Å². The van der Waals surface area contributed by atoms with Crippen LogP contribution in [0.5, 0.6) is 0 Å². The highest BCUT2D eigenvalue weighted by Crippen LogP contribution is 2.36.